The van der Waals surface area contributed by atoms with E-state index in [-0.39, 0.29) is 36.2 Å². The molecule has 0 aliphatic carbocycles. The molecule has 1 aromatic rings. The van der Waals surface area contributed by atoms with Gasteiger partial charge in [-0.3, -0.25) is 4.79 Å². The molecule has 0 saturated carbocycles. The van der Waals surface area contributed by atoms with E-state index in [1.807, 2.05) is 11.8 Å². The van der Waals surface area contributed by atoms with E-state index in [1.165, 1.54) is 12.1 Å². The van der Waals surface area contributed by atoms with Crippen LogP contribution in [0.2, 0.25) is 0 Å². The van der Waals surface area contributed by atoms with Gasteiger partial charge in [0.1, 0.15) is 5.82 Å². The highest BCUT2D eigenvalue weighted by Crippen LogP contribution is 2.22. The molecule has 1 saturated heterocycles. The monoisotopic (exact) mass is 300 g/mol. The van der Waals surface area contributed by atoms with Crippen molar-refractivity contribution in [3.8, 4) is 0 Å². The van der Waals surface area contributed by atoms with Gasteiger partial charge in [-0.25, -0.2) is 4.39 Å². The summed E-state index contributed by atoms with van der Waals surface area (Å²) in [4.78, 5) is 14.0. The maximum atomic E-state index is 12.9. The van der Waals surface area contributed by atoms with Crippen molar-refractivity contribution < 1.29 is 9.18 Å². The Kier molecular flexibility index (Phi) is 6.43. The number of nitrogens with zero attached hydrogens (tertiary/aromatic N) is 1. The number of carbonyl (C=O) groups is 1. The Bertz CT molecular complexity index is 436. The van der Waals surface area contributed by atoms with Crippen LogP contribution in [0, 0.1) is 5.82 Å². The first-order valence-corrected chi connectivity index (χ1v) is 6.86. The molecule has 2 unspecified atom stereocenters. The molecule has 2 atom stereocenters. The van der Waals surface area contributed by atoms with Crippen LogP contribution in [-0.4, -0.2) is 29.4 Å². The van der Waals surface area contributed by atoms with Gasteiger partial charge >= 0.3 is 0 Å². The van der Waals surface area contributed by atoms with Gasteiger partial charge in [-0.15, -0.1) is 12.4 Å². The van der Waals surface area contributed by atoms with E-state index in [2.05, 4.69) is 0 Å². The van der Waals surface area contributed by atoms with Gasteiger partial charge in [0.2, 0.25) is 5.91 Å². The maximum absolute atomic E-state index is 12.9. The van der Waals surface area contributed by atoms with E-state index >= 15 is 0 Å². The second kappa shape index (κ2) is 7.60. The zero-order chi connectivity index (χ0) is 13.8. The number of hydrogen-bond acceptors (Lipinski definition) is 2. The second-order valence-corrected chi connectivity index (χ2v) is 5.40. The molecule has 2 N–H and O–H groups in total. The summed E-state index contributed by atoms with van der Waals surface area (Å²) in [5.74, 6) is -0.0836. The van der Waals surface area contributed by atoms with Crippen molar-refractivity contribution in [1.82, 2.24) is 4.90 Å². The lowest BCUT2D eigenvalue weighted by atomic mass is 10.0. The molecule has 1 fully saturated rings. The average Bonchev–Trinajstić information content (AvgIpc) is 2.79. The lowest BCUT2D eigenvalue weighted by Gasteiger charge is -2.25. The molecule has 112 valence electrons. The molecule has 1 aliphatic rings. The fourth-order valence-corrected chi connectivity index (χ4v) is 2.66. The van der Waals surface area contributed by atoms with Gasteiger partial charge in [-0.1, -0.05) is 12.1 Å². The second-order valence-electron chi connectivity index (χ2n) is 5.40. The third kappa shape index (κ3) is 4.46. The van der Waals surface area contributed by atoms with Crippen LogP contribution in [0.15, 0.2) is 24.3 Å². The van der Waals surface area contributed by atoms with Crippen molar-refractivity contribution in [2.45, 2.75) is 44.7 Å². The molecular weight excluding hydrogens is 279 g/mol. The largest absolute Gasteiger partial charge is 0.339 e. The lowest BCUT2D eigenvalue weighted by Crippen LogP contribution is -2.39. The molecule has 0 bridgehead atoms. The van der Waals surface area contributed by atoms with E-state index in [0.29, 0.717) is 6.42 Å². The number of likely N-dealkylation sites (tertiary alicyclic amines) is 1. The zero-order valence-electron chi connectivity index (χ0n) is 11.7. The van der Waals surface area contributed by atoms with Crippen LogP contribution in [-0.2, 0) is 11.2 Å². The molecule has 1 aromatic carbocycles. The van der Waals surface area contributed by atoms with Crippen molar-refractivity contribution in [3.05, 3.63) is 35.6 Å². The minimum atomic E-state index is -0.222. The molecule has 3 nitrogen and oxygen atoms in total. The summed E-state index contributed by atoms with van der Waals surface area (Å²) in [5.41, 5.74) is 6.76. The molecule has 0 aromatic heterocycles. The van der Waals surface area contributed by atoms with Crippen LogP contribution in [0.3, 0.4) is 0 Å². The summed E-state index contributed by atoms with van der Waals surface area (Å²) in [6, 6.07) is 6.66. The molecule has 5 heteroatoms. The summed E-state index contributed by atoms with van der Waals surface area (Å²) in [7, 11) is 0. The third-order valence-corrected chi connectivity index (χ3v) is 3.58. The Hall–Kier alpha value is -1.13. The Morgan fingerprint density at radius 3 is 2.70 bits per heavy atom. The van der Waals surface area contributed by atoms with E-state index in [4.69, 9.17) is 5.73 Å². The quantitative estimate of drug-likeness (QED) is 0.929. The highest BCUT2D eigenvalue weighted by molar-refractivity contribution is 5.85. The SMILES string of the molecule is CC(N)CC(=O)N1CCCC1Cc1ccc(F)cc1.Cl. The summed E-state index contributed by atoms with van der Waals surface area (Å²) in [6.45, 7) is 2.67. The molecule has 1 aliphatic heterocycles. The van der Waals surface area contributed by atoms with Gasteiger partial charge in [-0.2, -0.15) is 0 Å². The van der Waals surface area contributed by atoms with Crippen molar-refractivity contribution in [2.75, 3.05) is 6.54 Å². The first kappa shape index (κ1) is 16.9. The first-order chi connectivity index (χ1) is 9.06. The van der Waals surface area contributed by atoms with Gasteiger partial charge in [0.15, 0.2) is 0 Å². The van der Waals surface area contributed by atoms with Crippen molar-refractivity contribution in [2.24, 2.45) is 5.73 Å². The van der Waals surface area contributed by atoms with E-state index < -0.39 is 0 Å². The zero-order valence-corrected chi connectivity index (χ0v) is 12.5. The summed E-state index contributed by atoms with van der Waals surface area (Å²) in [6.07, 6.45) is 3.25. The van der Waals surface area contributed by atoms with Crippen molar-refractivity contribution >= 4 is 18.3 Å². The van der Waals surface area contributed by atoms with E-state index in [0.717, 1.165) is 31.4 Å². The Morgan fingerprint density at radius 1 is 1.45 bits per heavy atom. The average molecular weight is 301 g/mol. The molecule has 20 heavy (non-hydrogen) atoms. The Balaban J connectivity index is 0.00000200. The van der Waals surface area contributed by atoms with Crippen LogP contribution in [0.25, 0.3) is 0 Å². The van der Waals surface area contributed by atoms with E-state index in [1.54, 1.807) is 12.1 Å². The normalized spacial score (nSPS) is 19.6. The predicted molar refractivity (Wildman–Crippen MR) is 80.4 cm³/mol. The van der Waals surface area contributed by atoms with Crippen LogP contribution in [0.4, 0.5) is 4.39 Å². The maximum Gasteiger partial charge on any atom is 0.224 e. The molecule has 0 spiro atoms. The summed E-state index contributed by atoms with van der Waals surface area (Å²) >= 11 is 0. The topological polar surface area (TPSA) is 46.3 Å². The van der Waals surface area contributed by atoms with Gasteiger partial charge in [-0.05, 0) is 43.9 Å². The summed E-state index contributed by atoms with van der Waals surface area (Å²) in [5, 5.41) is 0. The number of halogens is 2. The number of carbonyl (C=O) groups excluding carboxylic acids is 1. The number of hydrogen-bond donors (Lipinski definition) is 1. The minimum Gasteiger partial charge on any atom is -0.339 e. The van der Waals surface area contributed by atoms with Crippen LogP contribution < -0.4 is 5.73 Å². The minimum absolute atomic E-state index is 0. The van der Waals surface area contributed by atoms with Gasteiger partial charge in [0.25, 0.3) is 0 Å². The number of nitrogens with two attached hydrogens (primary N) is 1. The van der Waals surface area contributed by atoms with Crippen molar-refractivity contribution in [1.29, 1.82) is 0 Å². The predicted octanol–water partition coefficient (Wildman–Crippen LogP) is 2.52. The van der Waals surface area contributed by atoms with Gasteiger partial charge < -0.3 is 10.6 Å². The third-order valence-electron chi connectivity index (χ3n) is 3.58. The standard InChI is InChI=1S/C15H21FN2O.ClH/c1-11(17)9-15(19)18-8-2-3-14(18)10-12-4-6-13(16)7-5-12;/h4-7,11,14H,2-3,8-10,17H2,1H3;1H. The Labute approximate surface area is 125 Å². The lowest BCUT2D eigenvalue weighted by molar-refractivity contribution is -0.132. The molecule has 2 rings (SSSR count). The Morgan fingerprint density at radius 2 is 2.10 bits per heavy atom. The van der Waals surface area contributed by atoms with Crippen LogP contribution >= 0.6 is 12.4 Å². The van der Waals surface area contributed by atoms with Gasteiger partial charge in [0, 0.05) is 25.0 Å². The molecule has 1 heterocycles. The van der Waals surface area contributed by atoms with Crippen LogP contribution in [0.1, 0.15) is 31.7 Å². The number of benzene rings is 1. The summed E-state index contributed by atoms with van der Waals surface area (Å²) < 4.78 is 12.9. The highest BCUT2D eigenvalue weighted by atomic mass is 35.5. The smallest absolute Gasteiger partial charge is 0.224 e. The first-order valence-electron chi connectivity index (χ1n) is 6.86. The van der Waals surface area contributed by atoms with E-state index in [9.17, 15) is 9.18 Å². The number of rotatable bonds is 4. The number of amides is 1. The van der Waals surface area contributed by atoms with Gasteiger partial charge in [0.05, 0.1) is 0 Å². The fourth-order valence-electron chi connectivity index (χ4n) is 2.66. The molecule has 1 amide bonds. The van der Waals surface area contributed by atoms with Crippen molar-refractivity contribution in [3.63, 3.8) is 0 Å². The van der Waals surface area contributed by atoms with Crippen LogP contribution in [0.5, 0.6) is 0 Å². The molecular formula is C15H22ClFN2O. The molecule has 0 radical (unpaired) electrons. The highest BCUT2D eigenvalue weighted by Gasteiger charge is 2.28. The fraction of sp³-hybridized carbons (Fsp3) is 0.533.